The van der Waals surface area contributed by atoms with Gasteiger partial charge in [0.25, 0.3) is 0 Å². The first-order chi connectivity index (χ1) is 9.88. The topological polar surface area (TPSA) is 66.4 Å². The highest BCUT2D eigenvalue weighted by Gasteiger charge is 2.19. The van der Waals surface area contributed by atoms with Crippen molar-refractivity contribution in [2.45, 2.75) is 46.1 Å². The minimum atomic E-state index is -0.843. The molecule has 0 aromatic heterocycles. The van der Waals surface area contributed by atoms with Crippen LogP contribution in [0.25, 0.3) is 0 Å². The van der Waals surface area contributed by atoms with E-state index in [2.05, 4.69) is 5.32 Å². The average molecular weight is 291 g/mol. The number of hydrogen-bond acceptors (Lipinski definition) is 2. The molecule has 0 saturated heterocycles. The van der Waals surface area contributed by atoms with E-state index < -0.39 is 5.97 Å². The fourth-order valence-electron chi connectivity index (χ4n) is 2.54. The highest BCUT2D eigenvalue weighted by atomic mass is 16.4. The lowest BCUT2D eigenvalue weighted by Gasteiger charge is -2.19. The predicted octanol–water partition coefficient (Wildman–Crippen LogP) is 3.39. The van der Waals surface area contributed by atoms with Crippen molar-refractivity contribution < 1.29 is 14.7 Å². The summed E-state index contributed by atoms with van der Waals surface area (Å²) in [5.74, 6) is -0.651. The van der Waals surface area contributed by atoms with Crippen LogP contribution in [0.1, 0.15) is 51.6 Å². The Morgan fingerprint density at radius 1 is 1.10 bits per heavy atom. The smallest absolute Gasteiger partial charge is 0.303 e. The van der Waals surface area contributed by atoms with Crippen LogP contribution in [0.5, 0.6) is 0 Å². The first kappa shape index (κ1) is 17.2. The van der Waals surface area contributed by atoms with E-state index in [4.69, 9.17) is 5.11 Å². The van der Waals surface area contributed by atoms with Gasteiger partial charge in [0, 0.05) is 12.8 Å². The molecule has 4 heteroatoms. The van der Waals surface area contributed by atoms with Gasteiger partial charge in [-0.25, -0.2) is 0 Å². The first-order valence-electron chi connectivity index (χ1n) is 7.44. The Balaban J connectivity index is 2.55. The number of rotatable bonds is 8. The Morgan fingerprint density at radius 3 is 2.24 bits per heavy atom. The number of nitrogens with one attached hydrogen (secondary N) is 1. The van der Waals surface area contributed by atoms with Crippen LogP contribution in [0.15, 0.2) is 30.3 Å². The number of amides is 1. The van der Waals surface area contributed by atoms with Crippen LogP contribution < -0.4 is 5.32 Å². The molecular weight excluding hydrogens is 266 g/mol. The molecule has 1 aromatic rings. The van der Waals surface area contributed by atoms with Gasteiger partial charge in [0.15, 0.2) is 0 Å². The van der Waals surface area contributed by atoms with Crippen LogP contribution in [-0.2, 0) is 9.59 Å². The van der Waals surface area contributed by atoms with Crippen molar-refractivity contribution in [1.82, 2.24) is 5.32 Å². The van der Waals surface area contributed by atoms with Crippen LogP contribution in [-0.4, -0.2) is 17.0 Å². The van der Waals surface area contributed by atoms with E-state index in [0.29, 0.717) is 5.92 Å². The van der Waals surface area contributed by atoms with E-state index in [-0.39, 0.29) is 30.7 Å². The molecule has 0 unspecified atom stereocenters. The summed E-state index contributed by atoms with van der Waals surface area (Å²) in [6, 6.07) is 9.67. The summed E-state index contributed by atoms with van der Waals surface area (Å²) in [6.07, 6.45) is 1.06. The molecule has 0 aliphatic carbocycles. The third kappa shape index (κ3) is 6.93. The van der Waals surface area contributed by atoms with Gasteiger partial charge in [0.2, 0.25) is 5.91 Å². The third-order valence-corrected chi connectivity index (χ3v) is 3.42. The second-order valence-electron chi connectivity index (χ2n) is 6.00. The van der Waals surface area contributed by atoms with E-state index in [9.17, 15) is 9.59 Å². The van der Waals surface area contributed by atoms with Gasteiger partial charge in [-0.05, 0) is 30.7 Å². The number of hydrogen-bond donors (Lipinski definition) is 2. The van der Waals surface area contributed by atoms with Crippen molar-refractivity contribution in [3.05, 3.63) is 35.9 Å². The minimum absolute atomic E-state index is 0.0469. The maximum absolute atomic E-state index is 12.1. The number of benzene rings is 1. The van der Waals surface area contributed by atoms with Gasteiger partial charge in [-0.15, -0.1) is 0 Å². The van der Waals surface area contributed by atoms with Gasteiger partial charge in [0.1, 0.15) is 0 Å². The Kier molecular flexibility index (Phi) is 6.92. The highest BCUT2D eigenvalue weighted by Crippen LogP contribution is 2.20. The molecule has 0 fully saturated rings. The Bertz CT molecular complexity index is 456. The lowest BCUT2D eigenvalue weighted by atomic mass is 9.91. The van der Waals surface area contributed by atoms with Crippen molar-refractivity contribution in [2.75, 3.05) is 0 Å². The third-order valence-electron chi connectivity index (χ3n) is 3.42. The molecule has 1 amide bonds. The molecular formula is C17H25NO3. The standard InChI is InChI=1S/C17H25NO3/c1-12(2)9-14(11-17(20)21)10-16(19)18-13(3)15-7-5-4-6-8-15/h4-8,12-14H,9-11H2,1-3H3,(H,18,19)(H,20,21)/t13-,14+/m0/s1. The van der Waals surface area contributed by atoms with Gasteiger partial charge in [0.05, 0.1) is 6.04 Å². The second kappa shape index (κ2) is 8.45. The number of carboxylic acids is 1. The highest BCUT2D eigenvalue weighted by molar-refractivity contribution is 5.77. The van der Waals surface area contributed by atoms with Gasteiger partial charge in [-0.3, -0.25) is 9.59 Å². The van der Waals surface area contributed by atoms with E-state index in [1.54, 1.807) is 0 Å². The summed E-state index contributed by atoms with van der Waals surface area (Å²) in [5, 5.41) is 11.9. The number of carboxylic acid groups (broad SMARTS) is 1. The Labute approximate surface area is 126 Å². The molecule has 0 radical (unpaired) electrons. The molecule has 1 aromatic carbocycles. The number of aliphatic carboxylic acids is 1. The molecule has 2 N–H and O–H groups in total. The zero-order chi connectivity index (χ0) is 15.8. The molecule has 0 heterocycles. The molecule has 0 aliphatic heterocycles. The van der Waals surface area contributed by atoms with Crippen LogP contribution in [0.3, 0.4) is 0 Å². The molecule has 116 valence electrons. The summed E-state index contributed by atoms with van der Waals surface area (Å²) in [4.78, 5) is 23.0. The van der Waals surface area contributed by atoms with E-state index in [0.717, 1.165) is 12.0 Å². The summed E-state index contributed by atoms with van der Waals surface area (Å²) < 4.78 is 0. The van der Waals surface area contributed by atoms with Crippen molar-refractivity contribution in [3.63, 3.8) is 0 Å². The Hall–Kier alpha value is -1.84. The van der Waals surface area contributed by atoms with Crippen LogP contribution in [0.2, 0.25) is 0 Å². The molecule has 4 nitrogen and oxygen atoms in total. The van der Waals surface area contributed by atoms with Crippen molar-refractivity contribution >= 4 is 11.9 Å². The summed E-state index contributed by atoms with van der Waals surface area (Å²) >= 11 is 0. The summed E-state index contributed by atoms with van der Waals surface area (Å²) in [5.41, 5.74) is 1.05. The largest absolute Gasteiger partial charge is 0.481 e. The van der Waals surface area contributed by atoms with Crippen LogP contribution in [0.4, 0.5) is 0 Å². The normalized spacial score (nSPS) is 13.7. The molecule has 21 heavy (non-hydrogen) atoms. The quantitative estimate of drug-likeness (QED) is 0.771. The van der Waals surface area contributed by atoms with Crippen molar-refractivity contribution in [3.8, 4) is 0 Å². The van der Waals surface area contributed by atoms with Crippen LogP contribution >= 0.6 is 0 Å². The lowest BCUT2D eigenvalue weighted by molar-refractivity contribution is -0.138. The van der Waals surface area contributed by atoms with Crippen molar-refractivity contribution in [1.29, 1.82) is 0 Å². The second-order valence-corrected chi connectivity index (χ2v) is 6.00. The van der Waals surface area contributed by atoms with Gasteiger partial charge in [-0.2, -0.15) is 0 Å². The maximum atomic E-state index is 12.1. The molecule has 1 rings (SSSR count). The average Bonchev–Trinajstić information content (AvgIpc) is 2.37. The zero-order valence-electron chi connectivity index (χ0n) is 13.0. The number of carbonyl (C=O) groups excluding carboxylic acids is 1. The lowest BCUT2D eigenvalue weighted by Crippen LogP contribution is -2.29. The van der Waals surface area contributed by atoms with Crippen LogP contribution in [0, 0.1) is 11.8 Å². The van der Waals surface area contributed by atoms with E-state index >= 15 is 0 Å². The monoisotopic (exact) mass is 291 g/mol. The van der Waals surface area contributed by atoms with Gasteiger partial charge >= 0.3 is 5.97 Å². The SMILES string of the molecule is CC(C)C[C@@H](CC(=O)O)CC(=O)N[C@@H](C)c1ccccc1. The molecule has 2 atom stereocenters. The van der Waals surface area contributed by atoms with Crippen molar-refractivity contribution in [2.24, 2.45) is 11.8 Å². The zero-order valence-corrected chi connectivity index (χ0v) is 13.0. The minimum Gasteiger partial charge on any atom is -0.481 e. The first-order valence-corrected chi connectivity index (χ1v) is 7.44. The predicted molar refractivity (Wildman–Crippen MR) is 82.8 cm³/mol. The maximum Gasteiger partial charge on any atom is 0.303 e. The van der Waals surface area contributed by atoms with E-state index in [1.807, 2.05) is 51.1 Å². The molecule has 0 aliphatic rings. The fraction of sp³-hybridized carbons (Fsp3) is 0.529. The summed E-state index contributed by atoms with van der Waals surface area (Å²) in [7, 11) is 0. The molecule has 0 spiro atoms. The fourth-order valence-corrected chi connectivity index (χ4v) is 2.54. The van der Waals surface area contributed by atoms with E-state index in [1.165, 1.54) is 0 Å². The molecule has 0 saturated carbocycles. The number of carbonyl (C=O) groups is 2. The molecule has 0 bridgehead atoms. The Morgan fingerprint density at radius 2 is 1.71 bits per heavy atom. The van der Waals surface area contributed by atoms with Gasteiger partial charge in [-0.1, -0.05) is 44.2 Å². The summed E-state index contributed by atoms with van der Waals surface area (Å²) in [6.45, 7) is 6.01. The van der Waals surface area contributed by atoms with Gasteiger partial charge < -0.3 is 10.4 Å².